The average Bonchev–Trinajstić information content (AvgIpc) is 2.19. The molecule has 14 heavy (non-hydrogen) atoms. The van der Waals surface area contributed by atoms with Crippen molar-refractivity contribution in [3.63, 3.8) is 0 Å². The molecule has 1 aromatic carbocycles. The summed E-state index contributed by atoms with van der Waals surface area (Å²) in [5, 5.41) is 2.93. The summed E-state index contributed by atoms with van der Waals surface area (Å²) in [6, 6.07) is 2.24. The van der Waals surface area contributed by atoms with E-state index in [1.807, 2.05) is 0 Å². The Morgan fingerprint density at radius 1 is 1.29 bits per heavy atom. The number of hydrogen-bond donors (Lipinski definition) is 1. The van der Waals surface area contributed by atoms with Crippen LogP contribution in [0.1, 0.15) is 5.56 Å². The third kappa shape index (κ3) is 2.42. The predicted octanol–water partition coefficient (Wildman–Crippen LogP) is 1.74. The summed E-state index contributed by atoms with van der Waals surface area (Å²) in [6.45, 7) is 0.696. The Balaban J connectivity index is 2.95. The summed E-state index contributed by atoms with van der Waals surface area (Å²) < 4.78 is 30.6. The fourth-order valence-electron chi connectivity index (χ4n) is 1.21. The normalized spacial score (nSPS) is 10.3. The molecular weight excluding hydrogens is 188 g/mol. The second kappa shape index (κ2) is 4.91. The van der Waals surface area contributed by atoms with Crippen molar-refractivity contribution in [1.82, 2.24) is 5.32 Å². The summed E-state index contributed by atoms with van der Waals surface area (Å²) in [5.41, 5.74) is 0.667. The summed E-state index contributed by atoms with van der Waals surface area (Å²) in [5.74, 6) is -1.33. The van der Waals surface area contributed by atoms with E-state index in [0.29, 0.717) is 24.3 Å². The highest BCUT2D eigenvalue weighted by Gasteiger charge is 2.09. The number of halogens is 2. The highest BCUT2D eigenvalue weighted by Crippen LogP contribution is 2.22. The van der Waals surface area contributed by atoms with Gasteiger partial charge in [-0.1, -0.05) is 0 Å². The Bertz CT molecular complexity index is 315. The van der Waals surface area contributed by atoms with Gasteiger partial charge >= 0.3 is 0 Å². The lowest BCUT2D eigenvalue weighted by molar-refractivity contribution is 0.400. The van der Waals surface area contributed by atoms with E-state index in [1.165, 1.54) is 13.2 Å². The summed E-state index contributed by atoms with van der Waals surface area (Å²) in [7, 11) is 3.24. The Labute approximate surface area is 81.9 Å². The topological polar surface area (TPSA) is 21.3 Å². The molecule has 0 aromatic heterocycles. The Hall–Kier alpha value is -1.16. The summed E-state index contributed by atoms with van der Waals surface area (Å²) in [4.78, 5) is 0. The van der Waals surface area contributed by atoms with Gasteiger partial charge < -0.3 is 10.1 Å². The molecule has 0 aliphatic rings. The maximum atomic E-state index is 12.9. The number of nitrogens with one attached hydrogen (secondary N) is 1. The van der Waals surface area contributed by atoms with Gasteiger partial charge in [-0.3, -0.25) is 0 Å². The van der Waals surface area contributed by atoms with Crippen molar-refractivity contribution in [2.24, 2.45) is 0 Å². The molecule has 1 N–H and O–H groups in total. The minimum absolute atomic E-state index is 0.388. The molecule has 0 aliphatic heterocycles. The zero-order valence-corrected chi connectivity index (χ0v) is 8.23. The van der Waals surface area contributed by atoms with E-state index in [2.05, 4.69) is 5.32 Å². The first-order chi connectivity index (χ1) is 6.69. The maximum Gasteiger partial charge on any atom is 0.162 e. The molecule has 0 aliphatic carbocycles. The van der Waals surface area contributed by atoms with Crippen molar-refractivity contribution < 1.29 is 13.5 Å². The first kappa shape index (κ1) is 10.9. The third-order valence-electron chi connectivity index (χ3n) is 1.97. The van der Waals surface area contributed by atoms with Crippen LogP contribution in [0.15, 0.2) is 12.1 Å². The number of benzene rings is 1. The second-order valence-corrected chi connectivity index (χ2v) is 2.93. The van der Waals surface area contributed by atoms with Gasteiger partial charge in [0.25, 0.3) is 0 Å². The molecule has 2 nitrogen and oxygen atoms in total. The Morgan fingerprint density at radius 3 is 2.50 bits per heavy atom. The van der Waals surface area contributed by atoms with Crippen molar-refractivity contribution >= 4 is 0 Å². The van der Waals surface area contributed by atoms with Gasteiger partial charge in [0.15, 0.2) is 11.6 Å². The first-order valence-electron chi connectivity index (χ1n) is 4.35. The lowest BCUT2D eigenvalue weighted by atomic mass is 10.1. The van der Waals surface area contributed by atoms with E-state index in [4.69, 9.17) is 4.74 Å². The van der Waals surface area contributed by atoms with Gasteiger partial charge in [0, 0.05) is 6.07 Å². The van der Waals surface area contributed by atoms with E-state index in [0.717, 1.165) is 6.07 Å². The number of ether oxygens (including phenoxy) is 1. The van der Waals surface area contributed by atoms with Gasteiger partial charge in [-0.2, -0.15) is 0 Å². The molecule has 78 valence electrons. The van der Waals surface area contributed by atoms with E-state index in [9.17, 15) is 8.78 Å². The summed E-state index contributed by atoms with van der Waals surface area (Å²) >= 11 is 0. The number of likely N-dealkylation sites (N-methyl/N-ethyl adjacent to an activating group) is 1. The molecule has 0 fully saturated rings. The predicted molar refractivity (Wildman–Crippen MR) is 50.5 cm³/mol. The molecule has 1 aromatic rings. The summed E-state index contributed by atoms with van der Waals surface area (Å²) in [6.07, 6.45) is 0.608. The number of methoxy groups -OCH3 is 1. The molecule has 0 bridgehead atoms. The number of hydrogen-bond acceptors (Lipinski definition) is 2. The van der Waals surface area contributed by atoms with Gasteiger partial charge in [0.2, 0.25) is 0 Å². The van der Waals surface area contributed by atoms with Crippen LogP contribution in [0.25, 0.3) is 0 Å². The molecule has 0 saturated carbocycles. The molecule has 0 amide bonds. The van der Waals surface area contributed by atoms with Crippen LogP contribution in [-0.2, 0) is 6.42 Å². The standard InChI is InChI=1S/C10H13F2NO/c1-13-4-3-7-5-8(11)9(12)6-10(7)14-2/h5-6,13H,3-4H2,1-2H3. The average molecular weight is 201 g/mol. The largest absolute Gasteiger partial charge is 0.496 e. The Morgan fingerprint density at radius 2 is 1.93 bits per heavy atom. The van der Waals surface area contributed by atoms with Crippen LogP contribution >= 0.6 is 0 Å². The maximum absolute atomic E-state index is 12.9. The van der Waals surface area contributed by atoms with Crippen molar-refractivity contribution in [3.8, 4) is 5.75 Å². The van der Waals surface area contributed by atoms with Crippen molar-refractivity contribution in [2.45, 2.75) is 6.42 Å². The van der Waals surface area contributed by atoms with Crippen LogP contribution in [0.3, 0.4) is 0 Å². The van der Waals surface area contributed by atoms with Gasteiger partial charge in [-0.15, -0.1) is 0 Å². The zero-order valence-electron chi connectivity index (χ0n) is 8.23. The third-order valence-corrected chi connectivity index (χ3v) is 1.97. The molecule has 0 spiro atoms. The Kier molecular flexibility index (Phi) is 3.83. The zero-order chi connectivity index (χ0) is 10.6. The fraction of sp³-hybridized carbons (Fsp3) is 0.400. The first-order valence-corrected chi connectivity index (χ1v) is 4.35. The highest BCUT2D eigenvalue weighted by atomic mass is 19.2. The van der Waals surface area contributed by atoms with Crippen molar-refractivity contribution in [2.75, 3.05) is 20.7 Å². The molecule has 4 heteroatoms. The number of rotatable bonds is 4. The molecule has 0 atom stereocenters. The SMILES string of the molecule is CNCCc1cc(F)c(F)cc1OC. The molecule has 0 unspecified atom stereocenters. The molecule has 1 rings (SSSR count). The molecule has 0 radical (unpaired) electrons. The lowest BCUT2D eigenvalue weighted by Gasteiger charge is -2.08. The fourth-order valence-corrected chi connectivity index (χ4v) is 1.21. The van der Waals surface area contributed by atoms with Crippen LogP contribution in [0.2, 0.25) is 0 Å². The van der Waals surface area contributed by atoms with E-state index in [-0.39, 0.29) is 0 Å². The molecule has 0 saturated heterocycles. The van der Waals surface area contributed by atoms with Crippen molar-refractivity contribution in [3.05, 3.63) is 29.3 Å². The molecular formula is C10H13F2NO. The van der Waals surface area contributed by atoms with E-state index in [1.54, 1.807) is 7.05 Å². The van der Waals surface area contributed by atoms with Crippen LogP contribution in [0.5, 0.6) is 5.75 Å². The van der Waals surface area contributed by atoms with Crippen LogP contribution in [0.4, 0.5) is 8.78 Å². The lowest BCUT2D eigenvalue weighted by Crippen LogP contribution is -2.11. The van der Waals surface area contributed by atoms with Crippen LogP contribution in [-0.4, -0.2) is 20.7 Å². The minimum Gasteiger partial charge on any atom is -0.496 e. The quantitative estimate of drug-likeness (QED) is 0.801. The second-order valence-electron chi connectivity index (χ2n) is 2.93. The van der Waals surface area contributed by atoms with Gasteiger partial charge in [-0.25, -0.2) is 8.78 Å². The van der Waals surface area contributed by atoms with Crippen LogP contribution < -0.4 is 10.1 Å². The van der Waals surface area contributed by atoms with Gasteiger partial charge in [0.1, 0.15) is 5.75 Å². The molecule has 0 heterocycles. The van der Waals surface area contributed by atoms with Crippen LogP contribution in [0, 0.1) is 11.6 Å². The van der Waals surface area contributed by atoms with Crippen molar-refractivity contribution in [1.29, 1.82) is 0 Å². The highest BCUT2D eigenvalue weighted by molar-refractivity contribution is 5.35. The minimum atomic E-state index is -0.880. The monoisotopic (exact) mass is 201 g/mol. The smallest absolute Gasteiger partial charge is 0.162 e. The van der Waals surface area contributed by atoms with Gasteiger partial charge in [-0.05, 0) is 31.6 Å². The van der Waals surface area contributed by atoms with E-state index < -0.39 is 11.6 Å². The van der Waals surface area contributed by atoms with Gasteiger partial charge in [0.05, 0.1) is 7.11 Å². The van der Waals surface area contributed by atoms with E-state index >= 15 is 0 Å².